The minimum Gasteiger partial charge on any atom is -0.370 e. The quantitative estimate of drug-likeness (QED) is 0.215. The number of aromatic nitrogens is 5. The molecule has 6 rings (SSSR count). The molecule has 3 fully saturated rings. The van der Waals surface area contributed by atoms with E-state index in [1.165, 1.54) is 68.7 Å². The molecule has 3 saturated heterocycles. The fourth-order valence-electron chi connectivity index (χ4n) is 7.97. The Hall–Kier alpha value is -3.29. The molecule has 8 nitrogen and oxygen atoms in total. The molecule has 3 aliphatic rings. The third-order valence-electron chi connectivity index (χ3n) is 12.3. The lowest BCUT2D eigenvalue weighted by molar-refractivity contribution is 0.310. The highest BCUT2D eigenvalue weighted by atomic mass is 15.3. The average molecular weight is 741 g/mol. The van der Waals surface area contributed by atoms with Gasteiger partial charge in [-0.2, -0.15) is 5.10 Å². The Labute approximate surface area is 330 Å². The Kier molecular flexibility index (Phi) is 17.0. The maximum Gasteiger partial charge on any atom is 0.151 e. The highest BCUT2D eigenvalue weighted by Gasteiger charge is 2.24. The predicted octanol–water partition coefficient (Wildman–Crippen LogP) is 11.0. The largest absolute Gasteiger partial charge is 0.370 e. The van der Waals surface area contributed by atoms with E-state index in [2.05, 4.69) is 147 Å². The topological polar surface area (TPSA) is 74.2 Å². The predicted molar refractivity (Wildman–Crippen MR) is 230 cm³/mol. The molecule has 0 radical (unpaired) electrons. The van der Waals surface area contributed by atoms with Crippen molar-refractivity contribution >= 4 is 17.2 Å². The summed E-state index contributed by atoms with van der Waals surface area (Å²) in [5, 5.41) is 8.69. The molecule has 0 bridgehead atoms. The Morgan fingerprint density at radius 1 is 0.426 bits per heavy atom. The zero-order chi connectivity index (χ0) is 39.4. The van der Waals surface area contributed by atoms with E-state index < -0.39 is 0 Å². The summed E-state index contributed by atoms with van der Waals surface area (Å²) >= 11 is 0. The first-order valence-electron chi connectivity index (χ1n) is 21.6. The molecule has 3 aromatic rings. The van der Waals surface area contributed by atoms with Gasteiger partial charge in [0.15, 0.2) is 5.82 Å². The van der Waals surface area contributed by atoms with Crippen LogP contribution in [0.25, 0.3) is 0 Å². The normalized spacial score (nSPS) is 17.8. The van der Waals surface area contributed by atoms with Crippen molar-refractivity contribution in [3.05, 3.63) is 60.1 Å². The van der Waals surface area contributed by atoms with E-state index in [1.807, 2.05) is 18.6 Å². The van der Waals surface area contributed by atoms with E-state index in [-0.39, 0.29) is 0 Å². The van der Waals surface area contributed by atoms with Gasteiger partial charge in [0.25, 0.3) is 0 Å². The van der Waals surface area contributed by atoms with Crippen LogP contribution in [0.4, 0.5) is 17.2 Å². The van der Waals surface area contributed by atoms with Crippen molar-refractivity contribution in [3.8, 4) is 0 Å². The minimum absolute atomic E-state index is 0.408. The molecule has 3 aliphatic heterocycles. The fourth-order valence-corrected chi connectivity index (χ4v) is 7.97. The van der Waals surface area contributed by atoms with E-state index in [1.54, 1.807) is 0 Å². The first-order valence-corrected chi connectivity index (χ1v) is 21.6. The number of hydrogen-bond donors (Lipinski definition) is 0. The van der Waals surface area contributed by atoms with Gasteiger partial charge in [-0.05, 0) is 110 Å². The summed E-state index contributed by atoms with van der Waals surface area (Å²) in [4.78, 5) is 20.7. The van der Waals surface area contributed by atoms with Gasteiger partial charge in [-0.15, -0.1) is 5.10 Å². The van der Waals surface area contributed by atoms with Crippen LogP contribution < -0.4 is 14.7 Å². The lowest BCUT2D eigenvalue weighted by Gasteiger charge is -2.35. The molecule has 0 N–H and O–H groups in total. The van der Waals surface area contributed by atoms with Crippen molar-refractivity contribution < 1.29 is 0 Å². The van der Waals surface area contributed by atoms with Crippen LogP contribution in [0.5, 0.6) is 0 Å². The first kappa shape index (κ1) is 43.4. The van der Waals surface area contributed by atoms with Crippen LogP contribution in [-0.4, -0.2) is 64.4 Å². The molecule has 0 unspecified atom stereocenters. The van der Waals surface area contributed by atoms with Crippen LogP contribution in [0.15, 0.2) is 42.9 Å². The summed E-state index contributed by atoms with van der Waals surface area (Å²) in [6, 6.07) is 8.64. The third-order valence-corrected chi connectivity index (χ3v) is 12.3. The van der Waals surface area contributed by atoms with E-state index >= 15 is 0 Å². The number of pyridine rings is 1. The molecule has 0 aliphatic carbocycles. The monoisotopic (exact) mass is 741 g/mol. The van der Waals surface area contributed by atoms with Gasteiger partial charge in [-0.25, -0.2) is 9.97 Å². The summed E-state index contributed by atoms with van der Waals surface area (Å²) in [7, 11) is 0. The lowest BCUT2D eigenvalue weighted by atomic mass is 9.86. The van der Waals surface area contributed by atoms with Crippen molar-refractivity contribution in [1.82, 2.24) is 25.1 Å². The van der Waals surface area contributed by atoms with Gasteiger partial charge in [-0.1, -0.05) is 83.1 Å². The molecule has 54 heavy (non-hydrogen) atoms. The summed E-state index contributed by atoms with van der Waals surface area (Å²) in [6.45, 7) is 33.9. The fraction of sp³-hybridized carbons (Fsp3) is 0.717. The lowest BCUT2D eigenvalue weighted by Crippen LogP contribution is -2.35. The summed E-state index contributed by atoms with van der Waals surface area (Å²) < 4.78 is 0. The van der Waals surface area contributed by atoms with Crippen LogP contribution in [-0.2, 0) is 0 Å². The molecule has 0 saturated carbocycles. The van der Waals surface area contributed by atoms with Gasteiger partial charge < -0.3 is 14.7 Å². The highest BCUT2D eigenvalue weighted by Crippen LogP contribution is 2.30. The summed E-state index contributed by atoms with van der Waals surface area (Å²) in [5.74, 6) is 8.49. The molecule has 8 heteroatoms. The van der Waals surface area contributed by atoms with Crippen molar-refractivity contribution in [2.45, 2.75) is 139 Å². The first-order chi connectivity index (χ1) is 25.7. The Morgan fingerprint density at radius 2 is 0.833 bits per heavy atom. The molecule has 6 heterocycles. The smallest absolute Gasteiger partial charge is 0.151 e. The highest BCUT2D eigenvalue weighted by molar-refractivity contribution is 5.45. The zero-order valence-electron chi connectivity index (χ0n) is 36.3. The van der Waals surface area contributed by atoms with Crippen molar-refractivity contribution in [1.29, 1.82) is 0 Å². The number of anilines is 3. The maximum atomic E-state index is 4.57. The van der Waals surface area contributed by atoms with E-state index in [4.69, 9.17) is 0 Å². The number of hydrogen-bond acceptors (Lipinski definition) is 8. The molecular weight excluding hydrogens is 665 g/mol. The van der Waals surface area contributed by atoms with Crippen molar-refractivity contribution in [2.75, 3.05) is 54.0 Å². The van der Waals surface area contributed by atoms with E-state index in [9.17, 15) is 0 Å². The number of rotatable bonds is 9. The Bertz CT molecular complexity index is 1260. The second-order valence-corrected chi connectivity index (χ2v) is 18.2. The van der Waals surface area contributed by atoms with E-state index in [0.29, 0.717) is 17.8 Å². The SMILES string of the molecule is CC(C)c1ccc(N2CCC(C(C)C)CC2)cn1.CC(C)c1ccc(N2CCC(C(C)C)CC2)nn1.CC(C)c1ncc(N2CCC(C(C)C)CC2)cn1. The van der Waals surface area contributed by atoms with E-state index in [0.717, 1.165) is 79.0 Å². The van der Waals surface area contributed by atoms with Crippen molar-refractivity contribution in [3.63, 3.8) is 0 Å². The Morgan fingerprint density at radius 3 is 1.19 bits per heavy atom. The number of nitrogens with zero attached hydrogens (tertiary/aromatic N) is 8. The summed E-state index contributed by atoms with van der Waals surface area (Å²) in [6.07, 6.45) is 13.8. The zero-order valence-corrected chi connectivity index (χ0v) is 36.3. The minimum atomic E-state index is 0.408. The molecule has 0 amide bonds. The standard InChI is InChI=1S/C16H26N2.2C15H25N3/c1-12(2)14-7-9-18(10-8-14)15-5-6-16(13(3)4)17-11-15;1-11(2)13-5-7-18(8-6-13)14-9-16-15(12(3)4)17-10-14;1-11(2)13-7-9-18(10-8-13)15-6-5-14(12(3)4)16-17-15/h5-6,11-14H,7-10H2,1-4H3;9-13H,5-8H2,1-4H3;5-6,11-13H,7-10H2,1-4H3. The molecule has 0 spiro atoms. The van der Waals surface area contributed by atoms with Crippen LogP contribution in [0, 0.1) is 35.5 Å². The molecule has 300 valence electrons. The Balaban J connectivity index is 0.000000180. The van der Waals surface area contributed by atoms with Gasteiger partial charge in [-0.3, -0.25) is 4.98 Å². The van der Waals surface area contributed by atoms with Gasteiger partial charge in [0.2, 0.25) is 0 Å². The maximum absolute atomic E-state index is 4.57. The van der Waals surface area contributed by atoms with Gasteiger partial charge in [0.05, 0.1) is 35.7 Å². The molecule has 0 aromatic carbocycles. The third kappa shape index (κ3) is 12.9. The van der Waals surface area contributed by atoms with Gasteiger partial charge in [0, 0.05) is 50.9 Å². The molecule has 3 aromatic heterocycles. The second kappa shape index (κ2) is 21.1. The average Bonchev–Trinajstić information content (AvgIpc) is 3.18. The summed E-state index contributed by atoms with van der Waals surface area (Å²) in [5.41, 5.74) is 4.75. The van der Waals surface area contributed by atoms with Crippen LogP contribution in [0.2, 0.25) is 0 Å². The van der Waals surface area contributed by atoms with Crippen LogP contribution in [0.1, 0.15) is 157 Å². The molecular formula is C46H76N8. The van der Waals surface area contributed by atoms with Crippen LogP contribution in [0.3, 0.4) is 0 Å². The second-order valence-electron chi connectivity index (χ2n) is 18.2. The van der Waals surface area contributed by atoms with Crippen molar-refractivity contribution in [2.24, 2.45) is 35.5 Å². The molecule has 0 atom stereocenters. The van der Waals surface area contributed by atoms with Gasteiger partial charge >= 0.3 is 0 Å². The van der Waals surface area contributed by atoms with Gasteiger partial charge in [0.1, 0.15) is 5.82 Å². The number of piperidine rings is 3. The van der Waals surface area contributed by atoms with Crippen LogP contribution >= 0.6 is 0 Å².